The number of aromatic nitrogens is 1. The lowest BCUT2D eigenvalue weighted by Gasteiger charge is -2.33. The van der Waals surface area contributed by atoms with E-state index >= 15 is 0 Å². The topological polar surface area (TPSA) is 56.7 Å². The molecule has 0 atom stereocenters. The fraction of sp³-hybridized carbons (Fsp3) is 0.333. The van der Waals surface area contributed by atoms with Crippen molar-refractivity contribution in [1.29, 1.82) is 0 Å². The Bertz CT molecular complexity index is 669. The van der Waals surface area contributed by atoms with E-state index in [0.29, 0.717) is 13.1 Å². The van der Waals surface area contributed by atoms with Crippen molar-refractivity contribution in [3.63, 3.8) is 0 Å². The monoisotopic (exact) mass is 349 g/mol. The van der Waals surface area contributed by atoms with Crippen LogP contribution in [-0.4, -0.2) is 52.2 Å². The Morgan fingerprint density at radius 2 is 2.00 bits per heavy atom. The first kappa shape index (κ1) is 14.3. The molecule has 1 aliphatic rings. The van der Waals surface area contributed by atoms with E-state index in [-0.39, 0.29) is 0 Å². The highest BCUT2D eigenvalue weighted by molar-refractivity contribution is 9.10. The Morgan fingerprint density at radius 3 is 2.71 bits per heavy atom. The van der Waals surface area contributed by atoms with Crippen LogP contribution < -0.4 is 0 Å². The molecule has 0 saturated carbocycles. The predicted molar refractivity (Wildman–Crippen MR) is 84.3 cm³/mol. The Morgan fingerprint density at radius 1 is 1.24 bits per heavy atom. The van der Waals surface area contributed by atoms with E-state index in [2.05, 4.69) is 44.0 Å². The minimum atomic E-state index is -0.822. The van der Waals surface area contributed by atoms with Crippen molar-refractivity contribution < 1.29 is 9.90 Å². The molecule has 3 rings (SSSR count). The van der Waals surface area contributed by atoms with Gasteiger partial charge in [-0.3, -0.25) is 9.88 Å². The summed E-state index contributed by atoms with van der Waals surface area (Å²) < 4.78 is 0.998. The van der Waals surface area contributed by atoms with Crippen molar-refractivity contribution in [2.75, 3.05) is 26.2 Å². The number of hydrogen-bond acceptors (Lipinski definition) is 3. The van der Waals surface area contributed by atoms with Crippen LogP contribution in [0.1, 0.15) is 5.56 Å². The van der Waals surface area contributed by atoms with Gasteiger partial charge < -0.3 is 10.0 Å². The van der Waals surface area contributed by atoms with Crippen LogP contribution in [0.15, 0.2) is 35.1 Å². The molecule has 6 heteroatoms. The zero-order valence-corrected chi connectivity index (χ0v) is 13.1. The van der Waals surface area contributed by atoms with E-state index < -0.39 is 6.09 Å². The first-order chi connectivity index (χ1) is 10.1. The number of fused-ring (bicyclic) bond motifs is 1. The van der Waals surface area contributed by atoms with Gasteiger partial charge in [0.15, 0.2) is 0 Å². The molecule has 21 heavy (non-hydrogen) atoms. The van der Waals surface area contributed by atoms with Crippen LogP contribution in [0.3, 0.4) is 0 Å². The van der Waals surface area contributed by atoms with Crippen molar-refractivity contribution in [1.82, 2.24) is 14.8 Å². The normalized spacial score (nSPS) is 16.3. The van der Waals surface area contributed by atoms with Crippen LogP contribution in [0, 0.1) is 0 Å². The lowest BCUT2D eigenvalue weighted by Crippen LogP contribution is -2.47. The van der Waals surface area contributed by atoms with E-state index in [9.17, 15) is 4.79 Å². The van der Waals surface area contributed by atoms with Gasteiger partial charge in [0.2, 0.25) is 0 Å². The SMILES string of the molecule is O=C(O)N1CCN(Cc2ccc3cncc(Br)c3c2)CC1. The number of nitrogens with zero attached hydrogens (tertiary/aromatic N) is 3. The summed E-state index contributed by atoms with van der Waals surface area (Å²) in [6.45, 7) is 3.56. The summed E-state index contributed by atoms with van der Waals surface area (Å²) in [6.07, 6.45) is 2.84. The van der Waals surface area contributed by atoms with E-state index in [0.717, 1.165) is 34.9 Å². The molecule has 1 aromatic heterocycles. The first-order valence-corrected chi connectivity index (χ1v) is 7.65. The summed E-state index contributed by atoms with van der Waals surface area (Å²) in [5, 5.41) is 11.2. The average Bonchev–Trinajstić information content (AvgIpc) is 2.49. The molecular formula is C15H16BrN3O2. The summed E-state index contributed by atoms with van der Waals surface area (Å²) in [5.74, 6) is 0. The Kier molecular flexibility index (Phi) is 4.07. The van der Waals surface area contributed by atoms with Crippen molar-refractivity contribution in [3.05, 3.63) is 40.6 Å². The second-order valence-electron chi connectivity index (χ2n) is 5.22. The van der Waals surface area contributed by atoms with Gasteiger partial charge in [0.1, 0.15) is 0 Å². The zero-order valence-electron chi connectivity index (χ0n) is 11.5. The van der Waals surface area contributed by atoms with Gasteiger partial charge in [0.05, 0.1) is 0 Å². The van der Waals surface area contributed by atoms with Gasteiger partial charge in [-0.15, -0.1) is 0 Å². The smallest absolute Gasteiger partial charge is 0.407 e. The van der Waals surface area contributed by atoms with E-state index in [1.807, 2.05) is 6.20 Å². The lowest BCUT2D eigenvalue weighted by molar-refractivity contribution is 0.103. The molecule has 1 N–H and O–H groups in total. The number of piperazine rings is 1. The Hall–Kier alpha value is -1.66. The second-order valence-corrected chi connectivity index (χ2v) is 6.08. The number of carbonyl (C=O) groups is 1. The molecule has 0 bridgehead atoms. The Labute approximate surface area is 131 Å². The van der Waals surface area contributed by atoms with Crippen molar-refractivity contribution >= 4 is 32.8 Å². The average molecular weight is 350 g/mol. The van der Waals surface area contributed by atoms with E-state index in [1.54, 1.807) is 6.20 Å². The highest BCUT2D eigenvalue weighted by atomic mass is 79.9. The quantitative estimate of drug-likeness (QED) is 0.905. The maximum Gasteiger partial charge on any atom is 0.407 e. The maximum absolute atomic E-state index is 10.9. The number of benzene rings is 1. The summed E-state index contributed by atoms with van der Waals surface area (Å²) >= 11 is 3.53. The lowest BCUT2D eigenvalue weighted by atomic mass is 10.1. The van der Waals surface area contributed by atoms with Crippen LogP contribution in [0.5, 0.6) is 0 Å². The van der Waals surface area contributed by atoms with Crippen molar-refractivity contribution in [2.45, 2.75) is 6.54 Å². The summed E-state index contributed by atoms with van der Waals surface area (Å²) in [6, 6.07) is 6.36. The number of amides is 1. The summed E-state index contributed by atoms with van der Waals surface area (Å²) in [5.41, 5.74) is 1.23. The third kappa shape index (κ3) is 3.16. The maximum atomic E-state index is 10.9. The molecule has 5 nitrogen and oxygen atoms in total. The van der Waals surface area contributed by atoms with Gasteiger partial charge in [-0.25, -0.2) is 4.79 Å². The molecule has 0 radical (unpaired) electrons. The zero-order chi connectivity index (χ0) is 14.8. The molecule has 1 saturated heterocycles. The molecule has 1 aliphatic heterocycles. The van der Waals surface area contributed by atoms with Crippen LogP contribution in [0.25, 0.3) is 10.8 Å². The number of hydrogen-bond donors (Lipinski definition) is 1. The van der Waals surface area contributed by atoms with Crippen LogP contribution >= 0.6 is 15.9 Å². The van der Waals surface area contributed by atoms with Gasteiger partial charge in [-0.2, -0.15) is 0 Å². The molecule has 1 fully saturated rings. The molecule has 1 amide bonds. The predicted octanol–water partition coefficient (Wildman–Crippen LogP) is 2.79. The number of rotatable bonds is 2. The minimum Gasteiger partial charge on any atom is -0.465 e. The fourth-order valence-electron chi connectivity index (χ4n) is 2.63. The highest BCUT2D eigenvalue weighted by Gasteiger charge is 2.20. The van der Waals surface area contributed by atoms with Gasteiger partial charge in [0, 0.05) is 55.0 Å². The van der Waals surface area contributed by atoms with Crippen LogP contribution in [-0.2, 0) is 6.54 Å². The third-order valence-corrected chi connectivity index (χ3v) is 4.46. The van der Waals surface area contributed by atoms with Gasteiger partial charge in [-0.05, 0) is 32.9 Å². The molecule has 0 spiro atoms. The molecule has 0 unspecified atom stereocenters. The number of carboxylic acid groups (broad SMARTS) is 1. The van der Waals surface area contributed by atoms with Gasteiger partial charge in [0.25, 0.3) is 0 Å². The van der Waals surface area contributed by atoms with Gasteiger partial charge in [-0.1, -0.05) is 12.1 Å². The Balaban J connectivity index is 1.71. The molecule has 1 aromatic carbocycles. The van der Waals surface area contributed by atoms with Crippen molar-refractivity contribution in [2.24, 2.45) is 0 Å². The minimum absolute atomic E-state index is 0.580. The van der Waals surface area contributed by atoms with Crippen molar-refractivity contribution in [3.8, 4) is 0 Å². The highest BCUT2D eigenvalue weighted by Crippen LogP contribution is 2.24. The summed E-state index contributed by atoms with van der Waals surface area (Å²) in [7, 11) is 0. The van der Waals surface area contributed by atoms with Crippen LogP contribution in [0.4, 0.5) is 4.79 Å². The molecule has 2 heterocycles. The van der Waals surface area contributed by atoms with Crippen LogP contribution in [0.2, 0.25) is 0 Å². The standard InChI is InChI=1S/C15H16BrN3O2/c16-14-9-17-8-12-2-1-11(7-13(12)14)10-18-3-5-19(6-4-18)15(20)21/h1-2,7-9H,3-6,10H2,(H,20,21). The second kappa shape index (κ2) is 5.99. The number of halogens is 1. The van der Waals surface area contributed by atoms with E-state index in [1.165, 1.54) is 10.5 Å². The first-order valence-electron chi connectivity index (χ1n) is 6.86. The molecule has 2 aromatic rings. The third-order valence-electron chi connectivity index (χ3n) is 3.83. The molecule has 0 aliphatic carbocycles. The number of pyridine rings is 1. The largest absolute Gasteiger partial charge is 0.465 e. The fourth-order valence-corrected chi connectivity index (χ4v) is 3.09. The summed E-state index contributed by atoms with van der Waals surface area (Å²) in [4.78, 5) is 18.8. The van der Waals surface area contributed by atoms with E-state index in [4.69, 9.17) is 5.11 Å². The molecular weight excluding hydrogens is 334 g/mol. The molecule has 110 valence electrons. The van der Waals surface area contributed by atoms with Gasteiger partial charge >= 0.3 is 6.09 Å².